The quantitative estimate of drug-likeness (QED) is 0.446. The van der Waals surface area contributed by atoms with Gasteiger partial charge in [0.25, 0.3) is 0 Å². The van der Waals surface area contributed by atoms with Gasteiger partial charge in [0.1, 0.15) is 0 Å². The van der Waals surface area contributed by atoms with Crippen LogP contribution in [0.25, 0.3) is 46.4 Å². The van der Waals surface area contributed by atoms with Crippen molar-refractivity contribution in [1.82, 2.24) is 19.9 Å². The fourth-order valence-electron chi connectivity index (χ4n) is 2.71. The van der Waals surface area contributed by atoms with E-state index >= 15 is 0 Å². The first-order valence-corrected chi connectivity index (χ1v) is 6.54. The molecule has 0 aliphatic carbocycles. The van der Waals surface area contributed by atoms with Gasteiger partial charge in [-0.3, -0.25) is 0 Å². The zero-order valence-electron chi connectivity index (χ0n) is 10.5. The summed E-state index contributed by atoms with van der Waals surface area (Å²) in [5, 5.41) is 0. The van der Waals surface area contributed by atoms with Crippen molar-refractivity contribution in [2.75, 3.05) is 0 Å². The minimum absolute atomic E-state index is 0.912. The Morgan fingerprint density at radius 1 is 0.500 bits per heavy atom. The molecule has 2 aliphatic rings. The van der Waals surface area contributed by atoms with E-state index < -0.39 is 0 Å². The smallest absolute Gasteiger partial charge is 0.0895 e. The van der Waals surface area contributed by atoms with Gasteiger partial charge in [-0.1, -0.05) is 0 Å². The summed E-state index contributed by atoms with van der Waals surface area (Å²) >= 11 is 0. The van der Waals surface area contributed by atoms with E-state index in [0.29, 0.717) is 0 Å². The third-order valence-electron chi connectivity index (χ3n) is 3.76. The molecule has 20 heavy (non-hydrogen) atoms. The Balaban J connectivity index is 2.07. The number of hydrogen-bond acceptors (Lipinski definition) is 2. The minimum Gasteiger partial charge on any atom is -0.352 e. The van der Waals surface area contributed by atoms with Crippen LogP contribution in [0.2, 0.25) is 0 Å². The predicted molar refractivity (Wildman–Crippen MR) is 81.2 cm³/mol. The van der Waals surface area contributed by atoms with E-state index in [1.165, 1.54) is 0 Å². The number of nitrogens with one attached hydrogen (secondary N) is 2. The standard InChI is InChI=1S/C16H10N4/c1-2-10-12-5-6-15(19-12)16-8-7-14(20-16)13-4-3-11(18-13)9(1)17-10/h1-8,17-18H. The zero-order valence-corrected chi connectivity index (χ0v) is 10.5. The normalized spacial score (nSPS) is 13.6. The summed E-state index contributed by atoms with van der Waals surface area (Å²) in [6.45, 7) is 0. The van der Waals surface area contributed by atoms with Gasteiger partial charge >= 0.3 is 0 Å². The van der Waals surface area contributed by atoms with E-state index in [-0.39, 0.29) is 0 Å². The average Bonchev–Trinajstić information content (AvgIpc) is 3.22. The molecule has 0 fully saturated rings. The van der Waals surface area contributed by atoms with Gasteiger partial charge in [0.15, 0.2) is 0 Å². The van der Waals surface area contributed by atoms with Crippen LogP contribution in [-0.2, 0) is 0 Å². The van der Waals surface area contributed by atoms with Crippen LogP contribution in [0.15, 0.2) is 24.3 Å². The minimum atomic E-state index is 0.912. The summed E-state index contributed by atoms with van der Waals surface area (Å²) in [6.07, 6.45) is 8.07. The van der Waals surface area contributed by atoms with Gasteiger partial charge in [0.05, 0.1) is 44.8 Å². The van der Waals surface area contributed by atoms with Gasteiger partial charge in [-0.05, 0) is 48.6 Å². The number of hydrogen-bond donors (Lipinski definition) is 2. The Kier molecular flexibility index (Phi) is 1.68. The molecule has 0 saturated heterocycles. The van der Waals surface area contributed by atoms with E-state index in [4.69, 9.17) is 0 Å². The van der Waals surface area contributed by atoms with Crippen molar-refractivity contribution in [1.29, 1.82) is 0 Å². The number of H-pyrrole nitrogens is 2. The topological polar surface area (TPSA) is 57.4 Å². The lowest BCUT2D eigenvalue weighted by Gasteiger charge is -1.90. The fraction of sp³-hybridized carbons (Fsp3) is 0. The van der Waals surface area contributed by atoms with Crippen LogP contribution in [0.4, 0.5) is 0 Å². The van der Waals surface area contributed by atoms with E-state index in [1.807, 2.05) is 24.3 Å². The molecule has 94 valence electrons. The van der Waals surface area contributed by atoms with Crippen molar-refractivity contribution in [2.24, 2.45) is 0 Å². The molecular formula is C16H10N4. The predicted octanol–water partition coefficient (Wildman–Crippen LogP) is 3.53. The average molecular weight is 258 g/mol. The second-order valence-electron chi connectivity index (χ2n) is 5.00. The molecule has 4 heteroatoms. The van der Waals surface area contributed by atoms with Crippen LogP contribution in [0.1, 0.15) is 22.8 Å². The highest BCUT2D eigenvalue weighted by atomic mass is 14.9. The summed E-state index contributed by atoms with van der Waals surface area (Å²) in [6, 6.07) is 8.26. The maximum atomic E-state index is 4.65. The molecule has 0 aromatic carbocycles. The highest BCUT2D eigenvalue weighted by Crippen LogP contribution is 2.24. The fourth-order valence-corrected chi connectivity index (χ4v) is 2.71. The van der Waals surface area contributed by atoms with Gasteiger partial charge in [-0.25, -0.2) is 9.97 Å². The van der Waals surface area contributed by atoms with Crippen LogP contribution in [0.5, 0.6) is 0 Å². The van der Waals surface area contributed by atoms with E-state index in [0.717, 1.165) is 44.8 Å². The van der Waals surface area contributed by atoms with Gasteiger partial charge in [0.2, 0.25) is 0 Å². The Hall–Kier alpha value is -2.88. The maximum Gasteiger partial charge on any atom is 0.0895 e. The molecule has 0 atom stereocenters. The molecule has 0 saturated carbocycles. The molecule has 5 heterocycles. The van der Waals surface area contributed by atoms with E-state index in [2.05, 4.69) is 44.2 Å². The summed E-state index contributed by atoms with van der Waals surface area (Å²) < 4.78 is 0. The van der Waals surface area contributed by atoms with Crippen molar-refractivity contribution in [3.05, 3.63) is 47.0 Å². The van der Waals surface area contributed by atoms with Crippen molar-refractivity contribution in [2.45, 2.75) is 0 Å². The molecule has 3 aromatic rings. The maximum absolute atomic E-state index is 4.65. The second-order valence-corrected chi connectivity index (χ2v) is 5.00. The lowest BCUT2D eigenvalue weighted by atomic mass is 10.3. The highest BCUT2D eigenvalue weighted by Gasteiger charge is 2.11. The van der Waals surface area contributed by atoms with Crippen LogP contribution in [0.3, 0.4) is 0 Å². The monoisotopic (exact) mass is 258 g/mol. The summed E-state index contributed by atoms with van der Waals surface area (Å²) in [5.74, 6) is 0. The zero-order chi connectivity index (χ0) is 13.1. The molecular weight excluding hydrogens is 248 g/mol. The molecule has 0 spiro atoms. The first-order chi connectivity index (χ1) is 9.87. The number of fused-ring (bicyclic) bond motifs is 12. The van der Waals surface area contributed by atoms with E-state index in [9.17, 15) is 0 Å². The molecule has 0 radical (unpaired) electrons. The summed E-state index contributed by atoms with van der Waals surface area (Å²) in [7, 11) is 0. The van der Waals surface area contributed by atoms with Crippen LogP contribution < -0.4 is 0 Å². The van der Waals surface area contributed by atoms with Crippen molar-refractivity contribution in [3.63, 3.8) is 0 Å². The van der Waals surface area contributed by atoms with Gasteiger partial charge in [-0.15, -0.1) is 0 Å². The molecule has 4 nitrogen and oxygen atoms in total. The number of rotatable bonds is 0. The number of aromatic amines is 2. The SMILES string of the molecule is C1=Cc2nc1c1nc(c3ccc([nH]3)c3ccc2[nH]3)C=C1. The highest BCUT2D eigenvalue weighted by molar-refractivity contribution is 5.90. The lowest BCUT2D eigenvalue weighted by Crippen LogP contribution is -1.83. The third kappa shape index (κ3) is 1.25. The lowest BCUT2D eigenvalue weighted by molar-refractivity contribution is 1.24. The largest absolute Gasteiger partial charge is 0.352 e. The van der Waals surface area contributed by atoms with Crippen LogP contribution in [0, 0.1) is 0 Å². The van der Waals surface area contributed by atoms with Crippen molar-refractivity contribution < 1.29 is 0 Å². The first kappa shape index (κ1) is 9.97. The molecule has 3 aromatic heterocycles. The molecule has 2 N–H and O–H groups in total. The molecule has 0 amide bonds. The van der Waals surface area contributed by atoms with E-state index in [1.54, 1.807) is 0 Å². The Morgan fingerprint density at radius 3 is 1.40 bits per heavy atom. The van der Waals surface area contributed by atoms with Crippen LogP contribution >= 0.6 is 0 Å². The molecule has 0 unspecified atom stereocenters. The Labute approximate surface area is 114 Å². The molecule has 2 aliphatic heterocycles. The van der Waals surface area contributed by atoms with Gasteiger partial charge in [-0.2, -0.15) is 0 Å². The molecule has 5 rings (SSSR count). The van der Waals surface area contributed by atoms with Crippen LogP contribution in [-0.4, -0.2) is 19.9 Å². The number of nitrogens with zero attached hydrogens (tertiary/aromatic N) is 2. The van der Waals surface area contributed by atoms with Crippen molar-refractivity contribution in [3.8, 4) is 0 Å². The third-order valence-corrected chi connectivity index (χ3v) is 3.76. The van der Waals surface area contributed by atoms with Crippen molar-refractivity contribution >= 4 is 46.4 Å². The Bertz CT molecular complexity index is 918. The Morgan fingerprint density at radius 2 is 0.900 bits per heavy atom. The van der Waals surface area contributed by atoms with Gasteiger partial charge in [0, 0.05) is 0 Å². The number of aromatic nitrogens is 4. The second kappa shape index (κ2) is 3.36. The van der Waals surface area contributed by atoms with Gasteiger partial charge < -0.3 is 9.97 Å². The summed E-state index contributed by atoms with van der Waals surface area (Å²) in [5.41, 5.74) is 7.88. The first-order valence-electron chi connectivity index (χ1n) is 6.54. The summed E-state index contributed by atoms with van der Waals surface area (Å²) in [4.78, 5) is 16.1. The molecule has 8 bridgehead atoms.